The summed E-state index contributed by atoms with van der Waals surface area (Å²) in [5, 5.41) is 1.40. The van der Waals surface area contributed by atoms with E-state index in [4.69, 9.17) is 11.6 Å². The summed E-state index contributed by atoms with van der Waals surface area (Å²) in [4.78, 5) is 8.00. The molecule has 0 aliphatic carbocycles. The zero-order valence-electron chi connectivity index (χ0n) is 5.74. The van der Waals surface area contributed by atoms with Gasteiger partial charge >= 0.3 is 0 Å². The normalized spacial score (nSPS) is 10.8. The van der Waals surface area contributed by atoms with Crippen LogP contribution in [0.4, 0.5) is 0 Å². The van der Waals surface area contributed by atoms with Crippen LogP contribution >= 0.6 is 41.9 Å². The molecule has 6 heteroatoms. The van der Waals surface area contributed by atoms with Gasteiger partial charge in [0.05, 0.1) is 5.39 Å². The minimum atomic E-state index is 0.504. The second-order valence-electron chi connectivity index (χ2n) is 2.11. The second kappa shape index (κ2) is 3.39. The summed E-state index contributed by atoms with van der Waals surface area (Å²) in [5.74, 6) is 0. The van der Waals surface area contributed by atoms with E-state index in [1.54, 1.807) is 9.12 Å². The maximum atomic E-state index is 5.85. The Morgan fingerprint density at radius 1 is 1.50 bits per heavy atom. The maximum absolute atomic E-state index is 5.85. The molecule has 62 valence electrons. The maximum Gasteiger partial charge on any atom is 0.155 e. The molecule has 0 radical (unpaired) electrons. The van der Waals surface area contributed by atoms with Crippen LogP contribution in [0.1, 0.15) is 0 Å². The van der Waals surface area contributed by atoms with Gasteiger partial charge in [0, 0.05) is 36.5 Å². The smallest absolute Gasteiger partial charge is 0.155 e. The summed E-state index contributed by atoms with van der Waals surface area (Å²) in [6.07, 6.45) is 3.39. The van der Waals surface area contributed by atoms with Gasteiger partial charge in [-0.05, 0) is 6.07 Å². The van der Waals surface area contributed by atoms with Crippen molar-refractivity contribution in [2.75, 3.05) is 0 Å². The van der Waals surface area contributed by atoms with Crippen molar-refractivity contribution in [2.24, 2.45) is 0 Å². The first-order valence-electron chi connectivity index (χ1n) is 3.09. The number of aromatic nitrogens is 3. The summed E-state index contributed by atoms with van der Waals surface area (Å²) < 4.78 is 1.93. The summed E-state index contributed by atoms with van der Waals surface area (Å²) in [7, 11) is 1.55. The first-order valence-corrected chi connectivity index (χ1v) is 6.79. The number of hydrogen-bond donors (Lipinski definition) is 0. The predicted octanol–water partition coefficient (Wildman–Crippen LogP) is 2.93. The predicted molar refractivity (Wildman–Crippen MR) is 59.5 cm³/mol. The van der Waals surface area contributed by atoms with E-state index in [0.29, 0.717) is 5.15 Å². The van der Waals surface area contributed by atoms with Crippen LogP contribution in [0, 0.1) is 0 Å². The fourth-order valence-electron chi connectivity index (χ4n) is 0.953. The van der Waals surface area contributed by atoms with Gasteiger partial charge < -0.3 is 0 Å². The van der Waals surface area contributed by atoms with Crippen molar-refractivity contribution in [3.63, 3.8) is 0 Å². The van der Waals surface area contributed by atoms with Gasteiger partial charge in [-0.2, -0.15) is 0 Å². The number of rotatable bonds is 1. The molecule has 0 N–H and O–H groups in total. The summed E-state index contributed by atoms with van der Waals surface area (Å²) in [6.45, 7) is 0. The van der Waals surface area contributed by atoms with Crippen LogP contribution in [0.5, 0.6) is 0 Å². The molecule has 0 aromatic carbocycles. The third-order valence-corrected chi connectivity index (χ3v) is 3.49. The molecule has 0 bridgehead atoms. The average molecular weight is 312 g/mol. The van der Waals surface area contributed by atoms with Gasteiger partial charge in [0.1, 0.15) is 11.5 Å². The molecule has 0 aliphatic heterocycles. The van der Waals surface area contributed by atoms with Gasteiger partial charge in [-0.3, -0.25) is 3.97 Å². The monoisotopic (exact) mass is 311 g/mol. The molecule has 0 aliphatic rings. The first kappa shape index (κ1) is 8.58. The Labute approximate surface area is 90.2 Å². The van der Waals surface area contributed by atoms with Crippen molar-refractivity contribution in [1.82, 2.24) is 13.9 Å². The lowest BCUT2D eigenvalue weighted by Gasteiger charge is -1.95. The van der Waals surface area contributed by atoms with E-state index in [2.05, 4.69) is 31.2 Å². The fraction of sp³-hybridized carbons (Fsp3) is 0. The number of hydrogen-bond acceptors (Lipinski definition) is 3. The van der Waals surface area contributed by atoms with E-state index in [-0.39, 0.29) is 0 Å². The second-order valence-corrected chi connectivity index (χ2v) is 4.18. The van der Waals surface area contributed by atoms with Crippen molar-refractivity contribution in [1.29, 1.82) is 0 Å². The highest BCUT2D eigenvalue weighted by Gasteiger charge is 2.05. The van der Waals surface area contributed by atoms with Gasteiger partial charge in [-0.1, -0.05) is 11.6 Å². The van der Waals surface area contributed by atoms with E-state index in [1.165, 1.54) is 6.33 Å². The quantitative estimate of drug-likeness (QED) is 0.599. The zero-order chi connectivity index (χ0) is 8.55. The Kier molecular flexibility index (Phi) is 2.42. The zero-order valence-corrected chi connectivity index (χ0v) is 9.47. The molecule has 12 heavy (non-hydrogen) atoms. The Morgan fingerprint density at radius 3 is 3.08 bits per heavy atom. The van der Waals surface area contributed by atoms with Crippen molar-refractivity contribution in [3.8, 4) is 0 Å². The van der Waals surface area contributed by atoms with Crippen LogP contribution in [0.3, 0.4) is 0 Å². The Balaban J connectivity index is 2.80. The standard InChI is InChI=1S/C6H3ClIN3S/c7-5-4-1-2-11(12-8)6(4)10-3-9-5/h1-3H. The lowest BCUT2D eigenvalue weighted by atomic mass is 10.4. The number of halogens is 2. The minimum Gasteiger partial charge on any atom is -0.266 e. The van der Waals surface area contributed by atoms with Crippen molar-refractivity contribution in [3.05, 3.63) is 23.7 Å². The molecule has 0 atom stereocenters. The molecule has 2 heterocycles. The van der Waals surface area contributed by atoms with E-state index in [9.17, 15) is 0 Å². The van der Waals surface area contributed by atoms with Crippen molar-refractivity contribution >= 4 is 53.0 Å². The Hall–Kier alpha value is -0.0100. The molecule has 0 unspecified atom stereocenters. The lowest BCUT2D eigenvalue weighted by molar-refractivity contribution is 1.18. The van der Waals surface area contributed by atoms with Gasteiger partial charge in [-0.15, -0.1) is 0 Å². The molecule has 2 aromatic rings. The van der Waals surface area contributed by atoms with E-state index in [1.807, 2.05) is 16.2 Å². The number of fused-ring (bicyclic) bond motifs is 1. The van der Waals surface area contributed by atoms with Crippen LogP contribution < -0.4 is 0 Å². The average Bonchev–Trinajstić information content (AvgIpc) is 2.49. The fourth-order valence-corrected chi connectivity index (χ4v) is 2.42. The molecule has 0 saturated carbocycles. The third kappa shape index (κ3) is 1.29. The molecule has 0 fully saturated rings. The molecule has 0 amide bonds. The van der Waals surface area contributed by atoms with Crippen LogP contribution in [0.25, 0.3) is 11.0 Å². The van der Waals surface area contributed by atoms with Crippen LogP contribution in [0.2, 0.25) is 5.15 Å². The molecular formula is C6H3ClIN3S. The van der Waals surface area contributed by atoms with Gasteiger partial charge in [0.15, 0.2) is 5.65 Å². The lowest BCUT2D eigenvalue weighted by Crippen LogP contribution is -1.85. The first-order chi connectivity index (χ1) is 5.83. The molecule has 3 nitrogen and oxygen atoms in total. The van der Waals surface area contributed by atoms with Crippen LogP contribution in [0.15, 0.2) is 18.6 Å². The molecule has 2 rings (SSSR count). The summed E-state index contributed by atoms with van der Waals surface area (Å²) >= 11 is 8.04. The molecule has 2 aromatic heterocycles. The topological polar surface area (TPSA) is 30.7 Å². The minimum absolute atomic E-state index is 0.504. The molecule has 0 saturated heterocycles. The summed E-state index contributed by atoms with van der Waals surface area (Å²) in [5.41, 5.74) is 0.856. The van der Waals surface area contributed by atoms with Gasteiger partial charge in [0.2, 0.25) is 0 Å². The van der Waals surface area contributed by atoms with Crippen molar-refractivity contribution in [2.45, 2.75) is 0 Å². The highest BCUT2D eigenvalue weighted by atomic mass is 127. The van der Waals surface area contributed by atoms with Crippen molar-refractivity contribution < 1.29 is 0 Å². The summed E-state index contributed by atoms with van der Waals surface area (Å²) in [6, 6.07) is 1.91. The largest absolute Gasteiger partial charge is 0.266 e. The highest BCUT2D eigenvalue weighted by Crippen LogP contribution is 2.25. The number of nitrogens with zero attached hydrogens (tertiary/aromatic N) is 3. The third-order valence-electron chi connectivity index (χ3n) is 1.47. The molecular weight excluding hydrogens is 309 g/mol. The Bertz CT molecular complexity index is 416. The van der Waals surface area contributed by atoms with E-state index >= 15 is 0 Å². The Morgan fingerprint density at radius 2 is 2.33 bits per heavy atom. The van der Waals surface area contributed by atoms with E-state index < -0.39 is 0 Å². The van der Waals surface area contributed by atoms with Gasteiger partial charge in [-0.25, -0.2) is 9.97 Å². The SMILES string of the molecule is Clc1ncnc2c1ccn2SI. The van der Waals surface area contributed by atoms with E-state index in [0.717, 1.165) is 11.0 Å². The van der Waals surface area contributed by atoms with Gasteiger partial charge in [0.25, 0.3) is 0 Å². The van der Waals surface area contributed by atoms with Crippen LogP contribution in [-0.4, -0.2) is 13.9 Å². The highest BCUT2D eigenvalue weighted by molar-refractivity contribution is 14.2. The van der Waals surface area contributed by atoms with Crippen LogP contribution in [-0.2, 0) is 0 Å². The molecule has 0 spiro atoms.